The number of aliphatic hydroxyl groups is 1. The molecule has 4 N–H and O–H groups in total. The van der Waals surface area contributed by atoms with Crippen LogP contribution in [0.5, 0.6) is 0 Å². The molecule has 0 bridgehead atoms. The predicted molar refractivity (Wildman–Crippen MR) is 65.4 cm³/mol. The van der Waals surface area contributed by atoms with Gasteiger partial charge >= 0.3 is 0 Å². The molecule has 1 fully saturated rings. The van der Waals surface area contributed by atoms with Crippen molar-refractivity contribution in [3.05, 3.63) is 0 Å². The van der Waals surface area contributed by atoms with E-state index in [0.29, 0.717) is 19.6 Å². The van der Waals surface area contributed by atoms with E-state index in [2.05, 4.69) is 5.32 Å². The zero-order chi connectivity index (χ0) is 13.1. The molecule has 5 nitrogen and oxygen atoms in total. The van der Waals surface area contributed by atoms with Crippen LogP contribution >= 0.6 is 0 Å². The Kier molecular flexibility index (Phi) is 4.91. The highest BCUT2D eigenvalue weighted by atomic mass is 16.5. The molecule has 0 aliphatic carbocycles. The van der Waals surface area contributed by atoms with Gasteiger partial charge in [-0.2, -0.15) is 0 Å². The van der Waals surface area contributed by atoms with Crippen LogP contribution in [0.3, 0.4) is 0 Å². The van der Waals surface area contributed by atoms with E-state index in [4.69, 9.17) is 15.6 Å². The van der Waals surface area contributed by atoms with Crippen LogP contribution in [0.4, 0.5) is 0 Å². The number of nitrogens with two attached hydrogens (primary N) is 1. The monoisotopic (exact) mass is 244 g/mol. The lowest BCUT2D eigenvalue weighted by molar-refractivity contribution is -0.131. The highest BCUT2D eigenvalue weighted by Gasteiger charge is 2.44. The summed E-state index contributed by atoms with van der Waals surface area (Å²) < 4.78 is 5.26. The average molecular weight is 244 g/mol. The summed E-state index contributed by atoms with van der Waals surface area (Å²) in [5.74, 6) is 0.211. The molecule has 0 aromatic heterocycles. The molecule has 1 aliphatic rings. The Morgan fingerprint density at radius 1 is 1.65 bits per heavy atom. The van der Waals surface area contributed by atoms with Crippen molar-refractivity contribution in [3.63, 3.8) is 0 Å². The van der Waals surface area contributed by atoms with Crippen molar-refractivity contribution in [3.8, 4) is 0 Å². The fraction of sp³-hybridized carbons (Fsp3) is 0.917. The van der Waals surface area contributed by atoms with E-state index in [-0.39, 0.29) is 30.5 Å². The van der Waals surface area contributed by atoms with Crippen molar-refractivity contribution in [1.82, 2.24) is 5.32 Å². The molecule has 1 aliphatic heterocycles. The van der Waals surface area contributed by atoms with Gasteiger partial charge in [0.1, 0.15) is 0 Å². The number of ether oxygens (including phenoxy) is 1. The minimum atomic E-state index is -0.650. The quantitative estimate of drug-likeness (QED) is 0.629. The third-order valence-electron chi connectivity index (χ3n) is 3.60. The number of carbonyl (C=O) groups is 1. The van der Waals surface area contributed by atoms with Crippen molar-refractivity contribution < 1.29 is 14.6 Å². The summed E-state index contributed by atoms with van der Waals surface area (Å²) in [5.41, 5.74) is 5.25. The first kappa shape index (κ1) is 14.4. The maximum atomic E-state index is 12.2. The van der Waals surface area contributed by atoms with Gasteiger partial charge in [0.05, 0.1) is 18.6 Å². The summed E-state index contributed by atoms with van der Waals surface area (Å²) in [5, 5.41) is 12.0. The highest BCUT2D eigenvalue weighted by molar-refractivity contribution is 5.83. The second-order valence-corrected chi connectivity index (χ2v) is 5.38. The molecule has 5 heteroatoms. The Hall–Kier alpha value is -0.650. The summed E-state index contributed by atoms with van der Waals surface area (Å²) >= 11 is 0. The largest absolute Gasteiger partial charge is 0.396 e. The molecule has 1 rings (SSSR count). The molecular formula is C12H24N2O3. The average Bonchev–Trinajstić information content (AvgIpc) is 2.59. The second-order valence-electron chi connectivity index (χ2n) is 5.38. The first-order chi connectivity index (χ1) is 7.91. The van der Waals surface area contributed by atoms with Gasteiger partial charge in [-0.1, -0.05) is 13.8 Å². The van der Waals surface area contributed by atoms with Crippen LogP contribution in [0.15, 0.2) is 0 Å². The van der Waals surface area contributed by atoms with E-state index in [9.17, 15) is 4.79 Å². The Balaban J connectivity index is 2.63. The van der Waals surface area contributed by atoms with E-state index in [1.807, 2.05) is 20.8 Å². The topological polar surface area (TPSA) is 84.6 Å². The lowest BCUT2D eigenvalue weighted by Gasteiger charge is -2.30. The number of hydrogen-bond donors (Lipinski definition) is 3. The Bertz CT molecular complexity index is 270. The molecular weight excluding hydrogens is 220 g/mol. The van der Waals surface area contributed by atoms with Crippen LogP contribution in [-0.4, -0.2) is 42.9 Å². The minimum Gasteiger partial charge on any atom is -0.396 e. The number of rotatable bonds is 5. The van der Waals surface area contributed by atoms with Gasteiger partial charge in [0.25, 0.3) is 0 Å². The van der Waals surface area contributed by atoms with Crippen molar-refractivity contribution in [2.24, 2.45) is 17.1 Å². The van der Waals surface area contributed by atoms with Crippen molar-refractivity contribution in [2.45, 2.75) is 39.3 Å². The van der Waals surface area contributed by atoms with Crippen molar-refractivity contribution in [2.75, 3.05) is 19.8 Å². The summed E-state index contributed by atoms with van der Waals surface area (Å²) in [6.07, 6.45) is 0.565. The lowest BCUT2D eigenvalue weighted by Crippen LogP contribution is -2.53. The van der Waals surface area contributed by atoms with Gasteiger partial charge in [0.15, 0.2) is 0 Å². The molecule has 0 aromatic rings. The summed E-state index contributed by atoms with van der Waals surface area (Å²) in [6, 6.07) is -0.276. The van der Waals surface area contributed by atoms with Crippen LogP contribution in [-0.2, 0) is 9.53 Å². The Morgan fingerprint density at radius 3 is 2.71 bits per heavy atom. The molecule has 0 saturated carbocycles. The molecule has 1 amide bonds. The van der Waals surface area contributed by atoms with Crippen LogP contribution in [0.25, 0.3) is 0 Å². The maximum Gasteiger partial charge on any atom is 0.230 e. The van der Waals surface area contributed by atoms with Crippen molar-refractivity contribution >= 4 is 5.91 Å². The van der Waals surface area contributed by atoms with Gasteiger partial charge < -0.3 is 20.9 Å². The maximum absolute atomic E-state index is 12.2. The number of hydrogen-bond acceptors (Lipinski definition) is 4. The third kappa shape index (κ3) is 3.18. The lowest BCUT2D eigenvalue weighted by atomic mass is 9.84. The number of aliphatic hydroxyl groups excluding tert-OH is 1. The van der Waals surface area contributed by atoms with E-state index in [1.54, 1.807) is 0 Å². The minimum absolute atomic E-state index is 0.0166. The van der Waals surface area contributed by atoms with Crippen LogP contribution in [0.1, 0.15) is 27.2 Å². The van der Waals surface area contributed by atoms with Gasteiger partial charge in [0, 0.05) is 18.7 Å². The second kappa shape index (κ2) is 5.80. The summed E-state index contributed by atoms with van der Waals surface area (Å²) in [4.78, 5) is 12.2. The predicted octanol–water partition coefficient (Wildman–Crippen LogP) is -0.127. The van der Waals surface area contributed by atoms with Crippen LogP contribution < -0.4 is 11.1 Å². The van der Waals surface area contributed by atoms with Gasteiger partial charge in [-0.25, -0.2) is 0 Å². The zero-order valence-electron chi connectivity index (χ0n) is 10.9. The first-order valence-electron chi connectivity index (χ1n) is 6.17. The van der Waals surface area contributed by atoms with Gasteiger partial charge in [-0.05, 0) is 19.3 Å². The van der Waals surface area contributed by atoms with Gasteiger partial charge in [-0.3, -0.25) is 4.79 Å². The van der Waals surface area contributed by atoms with Crippen LogP contribution in [0, 0.1) is 11.3 Å². The van der Waals surface area contributed by atoms with E-state index in [0.717, 1.165) is 0 Å². The molecule has 0 radical (unpaired) electrons. The summed E-state index contributed by atoms with van der Waals surface area (Å²) in [6.45, 7) is 6.74. The number of carbonyl (C=O) groups excluding carboxylic acids is 1. The van der Waals surface area contributed by atoms with E-state index >= 15 is 0 Å². The van der Waals surface area contributed by atoms with Crippen molar-refractivity contribution in [1.29, 1.82) is 0 Å². The molecule has 1 saturated heterocycles. The fourth-order valence-electron chi connectivity index (χ4n) is 1.97. The third-order valence-corrected chi connectivity index (χ3v) is 3.60. The standard InChI is InChI=1S/C12H24N2O3/c1-8(2)9(4-5-15)14-11(16)12(3)7-17-6-10(12)13/h8-10,15H,4-7,13H2,1-3H3,(H,14,16). The first-order valence-corrected chi connectivity index (χ1v) is 6.17. The molecule has 0 spiro atoms. The van der Waals surface area contributed by atoms with E-state index < -0.39 is 5.41 Å². The van der Waals surface area contributed by atoms with E-state index in [1.165, 1.54) is 0 Å². The molecule has 1 heterocycles. The highest BCUT2D eigenvalue weighted by Crippen LogP contribution is 2.27. The normalized spacial score (nSPS) is 30.6. The Labute approximate surface area is 103 Å². The number of nitrogens with one attached hydrogen (secondary N) is 1. The number of amides is 1. The zero-order valence-corrected chi connectivity index (χ0v) is 10.9. The van der Waals surface area contributed by atoms with Crippen LogP contribution in [0.2, 0.25) is 0 Å². The van der Waals surface area contributed by atoms with Gasteiger partial charge in [-0.15, -0.1) is 0 Å². The molecule has 100 valence electrons. The fourth-order valence-corrected chi connectivity index (χ4v) is 1.97. The smallest absolute Gasteiger partial charge is 0.230 e. The molecule has 17 heavy (non-hydrogen) atoms. The molecule has 3 unspecified atom stereocenters. The molecule has 3 atom stereocenters. The SMILES string of the molecule is CC(C)C(CCO)NC(=O)C1(C)COCC1N. The Morgan fingerprint density at radius 2 is 2.29 bits per heavy atom. The molecule has 0 aromatic carbocycles. The van der Waals surface area contributed by atoms with Gasteiger partial charge in [0.2, 0.25) is 5.91 Å². The summed E-state index contributed by atoms with van der Waals surface area (Å²) in [7, 11) is 0.